The Morgan fingerprint density at radius 1 is 1.03 bits per heavy atom. The molecule has 1 aromatic heterocycles. The molecule has 180 valence electrons. The van der Waals surface area contributed by atoms with Crippen LogP contribution in [0.1, 0.15) is 12.8 Å². The number of para-hydroxylation sites is 2. The van der Waals surface area contributed by atoms with Gasteiger partial charge in [0.15, 0.2) is 5.58 Å². The average molecular weight is 508 g/mol. The van der Waals surface area contributed by atoms with E-state index in [-0.39, 0.29) is 16.7 Å². The second-order valence-corrected chi connectivity index (χ2v) is 11.2. The molecule has 4 aromatic rings. The molecule has 1 amide bonds. The van der Waals surface area contributed by atoms with Crippen molar-refractivity contribution in [3.05, 3.63) is 72.8 Å². The maximum atomic E-state index is 13.0. The zero-order valence-electron chi connectivity index (χ0n) is 19.2. The standard InChI is InChI=1S/C26H25N3O4S2/c1-34-21-9-11-22(12-10-21)35(31,32)29-15-13-18(14-16-29)25(30)27-20-6-4-5-19(17-20)26-28-23-7-2-3-8-24(23)33-26/h2-12,17-18H,13-16H2,1H3,(H,27,30). The van der Waals surface area contributed by atoms with Crippen LogP contribution in [0.25, 0.3) is 22.6 Å². The maximum Gasteiger partial charge on any atom is 0.243 e. The van der Waals surface area contributed by atoms with Crippen LogP contribution in [-0.4, -0.2) is 43.0 Å². The van der Waals surface area contributed by atoms with Gasteiger partial charge < -0.3 is 9.73 Å². The van der Waals surface area contributed by atoms with Gasteiger partial charge in [-0.1, -0.05) is 18.2 Å². The van der Waals surface area contributed by atoms with Gasteiger partial charge in [-0.05, 0) is 73.7 Å². The molecule has 0 unspecified atom stereocenters. The van der Waals surface area contributed by atoms with Gasteiger partial charge in [0, 0.05) is 35.2 Å². The van der Waals surface area contributed by atoms with Gasteiger partial charge in [0.25, 0.3) is 0 Å². The first-order chi connectivity index (χ1) is 16.9. The number of hydrogen-bond donors (Lipinski definition) is 1. The van der Waals surface area contributed by atoms with Crippen LogP contribution < -0.4 is 5.32 Å². The van der Waals surface area contributed by atoms with E-state index < -0.39 is 10.0 Å². The zero-order valence-corrected chi connectivity index (χ0v) is 20.8. The molecule has 1 N–H and O–H groups in total. The van der Waals surface area contributed by atoms with E-state index >= 15 is 0 Å². The van der Waals surface area contributed by atoms with Crippen molar-refractivity contribution in [1.82, 2.24) is 9.29 Å². The Bertz CT molecular complexity index is 1420. The van der Waals surface area contributed by atoms with Crippen molar-refractivity contribution in [2.45, 2.75) is 22.6 Å². The van der Waals surface area contributed by atoms with Gasteiger partial charge in [-0.15, -0.1) is 11.8 Å². The van der Waals surface area contributed by atoms with E-state index in [1.807, 2.05) is 66.9 Å². The molecule has 0 bridgehead atoms. The molecule has 3 aromatic carbocycles. The number of rotatable bonds is 6. The Labute approximate surface area is 208 Å². The lowest BCUT2D eigenvalue weighted by Crippen LogP contribution is -2.41. The second kappa shape index (κ2) is 9.85. The third-order valence-electron chi connectivity index (χ3n) is 6.19. The Morgan fingerprint density at radius 2 is 1.77 bits per heavy atom. The number of oxazole rings is 1. The molecule has 0 atom stereocenters. The first-order valence-electron chi connectivity index (χ1n) is 11.3. The molecule has 2 heterocycles. The molecule has 5 rings (SSSR count). The number of anilines is 1. The van der Waals surface area contributed by atoms with Gasteiger partial charge in [0.1, 0.15) is 5.52 Å². The summed E-state index contributed by atoms with van der Waals surface area (Å²) in [6, 6.07) is 21.8. The van der Waals surface area contributed by atoms with Gasteiger partial charge in [0.05, 0.1) is 4.90 Å². The summed E-state index contributed by atoms with van der Waals surface area (Å²) in [6.45, 7) is 0.626. The van der Waals surface area contributed by atoms with E-state index in [0.717, 1.165) is 16.0 Å². The summed E-state index contributed by atoms with van der Waals surface area (Å²) in [5.74, 6) is 0.126. The van der Waals surface area contributed by atoms with E-state index in [0.29, 0.717) is 43.1 Å². The van der Waals surface area contributed by atoms with Crippen LogP contribution in [0.3, 0.4) is 0 Å². The first-order valence-corrected chi connectivity index (χ1v) is 14.0. The van der Waals surface area contributed by atoms with Gasteiger partial charge in [-0.3, -0.25) is 4.79 Å². The maximum absolute atomic E-state index is 13.0. The molecule has 0 spiro atoms. The molecule has 1 aliphatic heterocycles. The number of hydrogen-bond acceptors (Lipinski definition) is 6. The highest BCUT2D eigenvalue weighted by Gasteiger charge is 2.32. The van der Waals surface area contributed by atoms with Crippen LogP contribution in [0, 0.1) is 5.92 Å². The lowest BCUT2D eigenvalue weighted by atomic mass is 9.97. The lowest BCUT2D eigenvalue weighted by molar-refractivity contribution is -0.120. The fourth-order valence-electron chi connectivity index (χ4n) is 4.23. The topological polar surface area (TPSA) is 92.5 Å². The summed E-state index contributed by atoms with van der Waals surface area (Å²) in [7, 11) is -3.57. The Kier molecular flexibility index (Phi) is 6.64. The van der Waals surface area contributed by atoms with Crippen molar-refractivity contribution >= 4 is 44.5 Å². The van der Waals surface area contributed by atoms with Crippen molar-refractivity contribution in [3.63, 3.8) is 0 Å². The van der Waals surface area contributed by atoms with Crippen LogP contribution in [0.5, 0.6) is 0 Å². The quantitative estimate of drug-likeness (QED) is 0.358. The van der Waals surface area contributed by atoms with Crippen molar-refractivity contribution in [1.29, 1.82) is 0 Å². The van der Waals surface area contributed by atoms with E-state index in [1.54, 1.807) is 23.9 Å². The monoisotopic (exact) mass is 507 g/mol. The predicted octanol–water partition coefficient (Wildman–Crippen LogP) is 5.26. The highest BCUT2D eigenvalue weighted by molar-refractivity contribution is 7.98. The Balaban J connectivity index is 1.22. The van der Waals surface area contributed by atoms with Crippen LogP contribution in [0.2, 0.25) is 0 Å². The summed E-state index contributed by atoms with van der Waals surface area (Å²) in [4.78, 5) is 18.7. The van der Waals surface area contributed by atoms with Gasteiger partial charge in [-0.2, -0.15) is 4.31 Å². The first kappa shape index (κ1) is 23.6. The van der Waals surface area contributed by atoms with Gasteiger partial charge >= 0.3 is 0 Å². The molecule has 9 heteroatoms. The molecule has 0 radical (unpaired) electrons. The summed E-state index contributed by atoms with van der Waals surface area (Å²) < 4.78 is 33.3. The van der Waals surface area contributed by atoms with E-state index in [9.17, 15) is 13.2 Å². The number of fused-ring (bicyclic) bond motifs is 1. The smallest absolute Gasteiger partial charge is 0.243 e. The summed E-state index contributed by atoms with van der Waals surface area (Å²) in [5, 5.41) is 2.97. The van der Waals surface area contributed by atoms with Crippen molar-refractivity contribution in [2.24, 2.45) is 5.92 Å². The lowest BCUT2D eigenvalue weighted by Gasteiger charge is -2.30. The van der Waals surface area contributed by atoms with E-state index in [2.05, 4.69) is 10.3 Å². The zero-order chi connectivity index (χ0) is 24.4. The number of sulfonamides is 1. The number of thioether (sulfide) groups is 1. The predicted molar refractivity (Wildman–Crippen MR) is 138 cm³/mol. The molecule has 0 saturated carbocycles. The molecule has 1 aliphatic rings. The number of nitrogens with one attached hydrogen (secondary N) is 1. The number of nitrogens with zero attached hydrogens (tertiary/aromatic N) is 2. The summed E-state index contributed by atoms with van der Waals surface area (Å²) >= 11 is 1.57. The number of carbonyl (C=O) groups excluding carboxylic acids is 1. The van der Waals surface area contributed by atoms with E-state index in [1.165, 1.54) is 4.31 Å². The third kappa shape index (κ3) is 4.98. The largest absolute Gasteiger partial charge is 0.436 e. The van der Waals surface area contributed by atoms with Crippen molar-refractivity contribution in [2.75, 3.05) is 24.7 Å². The summed E-state index contributed by atoms with van der Waals surface area (Å²) in [6.07, 6.45) is 2.89. The molecule has 1 saturated heterocycles. The number of carbonyl (C=O) groups is 1. The number of aromatic nitrogens is 1. The van der Waals surface area contributed by atoms with Crippen LogP contribution in [0.15, 0.2) is 87.0 Å². The average Bonchev–Trinajstić information content (AvgIpc) is 3.33. The highest BCUT2D eigenvalue weighted by atomic mass is 32.2. The van der Waals surface area contributed by atoms with Crippen molar-refractivity contribution < 1.29 is 17.6 Å². The van der Waals surface area contributed by atoms with Crippen LogP contribution in [0.4, 0.5) is 5.69 Å². The van der Waals surface area contributed by atoms with E-state index in [4.69, 9.17) is 4.42 Å². The molecule has 1 fully saturated rings. The Hall–Kier alpha value is -3.14. The van der Waals surface area contributed by atoms with Crippen LogP contribution in [-0.2, 0) is 14.8 Å². The number of piperidine rings is 1. The number of amides is 1. The highest BCUT2D eigenvalue weighted by Crippen LogP contribution is 2.28. The fourth-order valence-corrected chi connectivity index (χ4v) is 6.10. The normalized spacial score (nSPS) is 15.3. The third-order valence-corrected chi connectivity index (χ3v) is 8.85. The molecule has 7 nitrogen and oxygen atoms in total. The van der Waals surface area contributed by atoms with Crippen molar-refractivity contribution in [3.8, 4) is 11.5 Å². The van der Waals surface area contributed by atoms with Crippen LogP contribution >= 0.6 is 11.8 Å². The molecule has 0 aliphatic carbocycles. The second-order valence-electron chi connectivity index (χ2n) is 8.41. The minimum atomic E-state index is -3.57. The summed E-state index contributed by atoms with van der Waals surface area (Å²) in [5.41, 5.74) is 2.91. The van der Waals surface area contributed by atoms with Gasteiger partial charge in [0.2, 0.25) is 21.8 Å². The van der Waals surface area contributed by atoms with Gasteiger partial charge in [-0.25, -0.2) is 13.4 Å². The molecular weight excluding hydrogens is 482 g/mol. The number of benzene rings is 3. The Morgan fingerprint density at radius 3 is 2.49 bits per heavy atom. The molecular formula is C26H25N3O4S2. The molecule has 35 heavy (non-hydrogen) atoms. The SMILES string of the molecule is CSc1ccc(S(=O)(=O)N2CCC(C(=O)Nc3cccc(-c4nc5ccccc5o4)c3)CC2)cc1. The minimum Gasteiger partial charge on any atom is -0.436 e. The fraction of sp³-hybridized carbons (Fsp3) is 0.231. The minimum absolute atomic E-state index is 0.110.